The second-order valence-electron chi connectivity index (χ2n) is 3.82. The number of aryl methyl sites for hydroxylation is 1. The summed E-state index contributed by atoms with van der Waals surface area (Å²) in [5.41, 5.74) is 1.69. The molecule has 0 aliphatic heterocycles. The number of alkyl halides is 1. The maximum atomic E-state index is 12.0. The van der Waals surface area contributed by atoms with E-state index in [0.717, 1.165) is 5.56 Å². The molecule has 0 amide bonds. The zero-order valence-corrected chi connectivity index (χ0v) is 11.2. The zero-order chi connectivity index (χ0) is 12.3. The highest BCUT2D eigenvalue weighted by Crippen LogP contribution is 2.20. The van der Waals surface area contributed by atoms with E-state index in [0.29, 0.717) is 5.69 Å². The van der Waals surface area contributed by atoms with Crippen LogP contribution in [0.25, 0.3) is 0 Å². The lowest BCUT2D eigenvalue weighted by atomic mass is 10.2. The van der Waals surface area contributed by atoms with Crippen molar-refractivity contribution < 1.29 is 8.42 Å². The minimum atomic E-state index is -3.36. The van der Waals surface area contributed by atoms with Crippen molar-refractivity contribution >= 4 is 27.3 Å². The molecule has 3 nitrogen and oxygen atoms in total. The van der Waals surface area contributed by atoms with Gasteiger partial charge in [0, 0.05) is 12.9 Å². The molecule has 0 spiro atoms. The van der Waals surface area contributed by atoms with Gasteiger partial charge in [0.25, 0.3) is 0 Å². The first kappa shape index (κ1) is 13.3. The standard InChI is InChI=1S/C11H16ClNO2S/c1-9-5-4-6-11(7-9)13(3)16(14,15)10(2)8-12/h4-7,10H,8H2,1-3H3. The van der Waals surface area contributed by atoms with E-state index in [-0.39, 0.29) is 5.88 Å². The Bertz CT molecular complexity index is 459. The Morgan fingerprint density at radius 1 is 1.44 bits per heavy atom. The summed E-state index contributed by atoms with van der Waals surface area (Å²) in [6, 6.07) is 7.36. The second-order valence-corrected chi connectivity index (χ2v) is 6.51. The highest BCUT2D eigenvalue weighted by Gasteiger charge is 2.25. The molecule has 0 aromatic heterocycles. The molecule has 0 bridgehead atoms. The van der Waals surface area contributed by atoms with Crippen molar-refractivity contribution in [3.05, 3.63) is 29.8 Å². The van der Waals surface area contributed by atoms with Gasteiger partial charge in [0.1, 0.15) is 0 Å². The molecule has 5 heteroatoms. The summed E-state index contributed by atoms with van der Waals surface area (Å²) in [6.45, 7) is 3.53. The van der Waals surface area contributed by atoms with E-state index in [9.17, 15) is 8.42 Å². The minimum absolute atomic E-state index is 0.0957. The lowest BCUT2D eigenvalue weighted by Crippen LogP contribution is -2.35. The average molecular weight is 262 g/mol. The molecule has 0 fully saturated rings. The number of anilines is 1. The molecule has 1 unspecified atom stereocenters. The van der Waals surface area contributed by atoms with E-state index >= 15 is 0 Å². The Morgan fingerprint density at radius 3 is 2.56 bits per heavy atom. The van der Waals surface area contributed by atoms with Crippen LogP contribution in [0, 0.1) is 6.92 Å². The van der Waals surface area contributed by atoms with Gasteiger partial charge in [-0.1, -0.05) is 12.1 Å². The van der Waals surface area contributed by atoms with Crippen LogP contribution in [0.2, 0.25) is 0 Å². The highest BCUT2D eigenvalue weighted by atomic mass is 35.5. The first-order valence-electron chi connectivity index (χ1n) is 5.00. The number of halogens is 1. The molecule has 1 rings (SSSR count). The van der Waals surface area contributed by atoms with Crippen LogP contribution in [0.4, 0.5) is 5.69 Å². The van der Waals surface area contributed by atoms with Gasteiger partial charge in [-0.15, -0.1) is 11.6 Å². The molecule has 0 N–H and O–H groups in total. The van der Waals surface area contributed by atoms with E-state index < -0.39 is 15.3 Å². The largest absolute Gasteiger partial charge is 0.273 e. The smallest absolute Gasteiger partial charge is 0.238 e. The fourth-order valence-electron chi connectivity index (χ4n) is 1.32. The van der Waals surface area contributed by atoms with Crippen LogP contribution >= 0.6 is 11.6 Å². The van der Waals surface area contributed by atoms with Gasteiger partial charge in [0.2, 0.25) is 10.0 Å². The molecule has 90 valence electrons. The Hall–Kier alpha value is -0.740. The van der Waals surface area contributed by atoms with E-state index in [1.165, 1.54) is 4.31 Å². The first-order chi connectivity index (χ1) is 7.39. The van der Waals surface area contributed by atoms with Gasteiger partial charge in [0.15, 0.2) is 0 Å². The van der Waals surface area contributed by atoms with Crippen LogP contribution < -0.4 is 4.31 Å². The molecule has 0 radical (unpaired) electrons. The lowest BCUT2D eigenvalue weighted by molar-refractivity contribution is 0.586. The molecule has 0 saturated carbocycles. The third-order valence-electron chi connectivity index (χ3n) is 2.47. The minimum Gasteiger partial charge on any atom is -0.273 e. The van der Waals surface area contributed by atoms with E-state index in [2.05, 4.69) is 0 Å². The molecule has 1 atom stereocenters. The SMILES string of the molecule is Cc1cccc(N(C)S(=O)(=O)C(C)CCl)c1. The van der Waals surface area contributed by atoms with E-state index in [1.807, 2.05) is 25.1 Å². The molecule has 0 saturated heterocycles. The number of rotatable bonds is 4. The third kappa shape index (κ3) is 2.68. The fourth-order valence-corrected chi connectivity index (χ4v) is 2.90. The Morgan fingerprint density at radius 2 is 2.06 bits per heavy atom. The highest BCUT2D eigenvalue weighted by molar-refractivity contribution is 7.93. The maximum absolute atomic E-state index is 12.0. The number of sulfonamides is 1. The van der Waals surface area contributed by atoms with Crippen LogP contribution in [0.1, 0.15) is 12.5 Å². The Kier molecular flexibility index (Phi) is 4.21. The van der Waals surface area contributed by atoms with Crippen LogP contribution in [0.5, 0.6) is 0 Å². The third-order valence-corrected chi connectivity index (χ3v) is 5.28. The van der Waals surface area contributed by atoms with Crippen molar-refractivity contribution in [3.8, 4) is 0 Å². The van der Waals surface area contributed by atoms with Crippen molar-refractivity contribution in [1.29, 1.82) is 0 Å². The van der Waals surface area contributed by atoms with Crippen LogP contribution in [-0.2, 0) is 10.0 Å². The summed E-state index contributed by atoms with van der Waals surface area (Å²) in [4.78, 5) is 0. The molecular formula is C11H16ClNO2S. The molecule has 1 aromatic carbocycles. The van der Waals surface area contributed by atoms with Crippen molar-refractivity contribution in [3.63, 3.8) is 0 Å². The molecular weight excluding hydrogens is 246 g/mol. The molecule has 0 aliphatic rings. The summed E-state index contributed by atoms with van der Waals surface area (Å²) in [5.74, 6) is 0.0957. The molecule has 16 heavy (non-hydrogen) atoms. The maximum Gasteiger partial charge on any atom is 0.238 e. The van der Waals surface area contributed by atoms with Crippen molar-refractivity contribution in [2.45, 2.75) is 19.1 Å². The van der Waals surface area contributed by atoms with Crippen LogP contribution in [-0.4, -0.2) is 26.6 Å². The predicted molar refractivity (Wildman–Crippen MR) is 68.7 cm³/mol. The van der Waals surface area contributed by atoms with E-state index in [1.54, 1.807) is 20.0 Å². The average Bonchev–Trinajstić information content (AvgIpc) is 2.26. The molecule has 0 aliphatic carbocycles. The normalized spacial score (nSPS) is 13.5. The van der Waals surface area contributed by atoms with Gasteiger partial charge < -0.3 is 0 Å². The lowest BCUT2D eigenvalue weighted by Gasteiger charge is -2.22. The molecule has 0 heterocycles. The predicted octanol–water partition coefficient (Wildman–Crippen LogP) is 2.39. The number of hydrogen-bond acceptors (Lipinski definition) is 2. The van der Waals surface area contributed by atoms with Gasteiger partial charge in [-0.2, -0.15) is 0 Å². The Balaban J connectivity index is 3.07. The van der Waals surface area contributed by atoms with Gasteiger partial charge in [-0.3, -0.25) is 4.31 Å². The number of hydrogen-bond donors (Lipinski definition) is 0. The summed E-state index contributed by atoms with van der Waals surface area (Å²) < 4.78 is 25.3. The van der Waals surface area contributed by atoms with Gasteiger partial charge in [-0.25, -0.2) is 8.42 Å². The monoisotopic (exact) mass is 261 g/mol. The van der Waals surface area contributed by atoms with Crippen LogP contribution in [0.3, 0.4) is 0 Å². The first-order valence-corrected chi connectivity index (χ1v) is 7.03. The van der Waals surface area contributed by atoms with Crippen LogP contribution in [0.15, 0.2) is 24.3 Å². The topological polar surface area (TPSA) is 37.4 Å². The summed E-state index contributed by atoms with van der Waals surface area (Å²) in [6.07, 6.45) is 0. The van der Waals surface area contributed by atoms with Gasteiger partial charge >= 0.3 is 0 Å². The number of nitrogens with zero attached hydrogens (tertiary/aromatic N) is 1. The van der Waals surface area contributed by atoms with Crippen molar-refractivity contribution in [1.82, 2.24) is 0 Å². The van der Waals surface area contributed by atoms with Crippen molar-refractivity contribution in [2.75, 3.05) is 17.2 Å². The second kappa shape index (κ2) is 5.06. The molecule has 1 aromatic rings. The van der Waals surface area contributed by atoms with E-state index in [4.69, 9.17) is 11.6 Å². The summed E-state index contributed by atoms with van der Waals surface area (Å²) in [5, 5.41) is -0.584. The summed E-state index contributed by atoms with van der Waals surface area (Å²) >= 11 is 5.59. The summed E-state index contributed by atoms with van der Waals surface area (Å²) in [7, 11) is -1.81. The quantitative estimate of drug-likeness (QED) is 0.781. The van der Waals surface area contributed by atoms with Gasteiger partial charge in [0.05, 0.1) is 10.9 Å². The van der Waals surface area contributed by atoms with Gasteiger partial charge in [-0.05, 0) is 31.5 Å². The zero-order valence-electron chi connectivity index (χ0n) is 9.64. The van der Waals surface area contributed by atoms with Crippen molar-refractivity contribution in [2.24, 2.45) is 0 Å². The number of benzene rings is 1. The fraction of sp³-hybridized carbons (Fsp3) is 0.455. The Labute approximate surface area is 102 Å².